The number of H-pyrrole nitrogens is 1. The summed E-state index contributed by atoms with van der Waals surface area (Å²) in [6.07, 6.45) is 4.47. The van der Waals surface area contributed by atoms with Gasteiger partial charge in [0, 0.05) is 28.9 Å². The molecular weight excluding hydrogens is 428 g/mol. The molecule has 1 aromatic heterocycles. The first-order valence-electron chi connectivity index (χ1n) is 11.5. The minimum atomic E-state index is -0.257. The Morgan fingerprint density at radius 3 is 2.35 bits per heavy atom. The molecule has 0 fully saturated rings. The minimum absolute atomic E-state index is 0.0803. The molecule has 0 radical (unpaired) electrons. The molecule has 0 bridgehead atoms. The largest absolute Gasteiger partial charge is 0.508 e. The van der Waals surface area contributed by atoms with Crippen LogP contribution >= 0.6 is 0 Å². The third kappa shape index (κ3) is 5.61. The Hall–Kier alpha value is -4.13. The molecule has 174 valence electrons. The molecule has 4 rings (SSSR count). The number of nitrogens with one attached hydrogen (secondary N) is 3. The number of amides is 2. The number of hydrogen-bond donors (Lipinski definition) is 4. The fourth-order valence-electron chi connectivity index (χ4n) is 3.67. The summed E-state index contributed by atoms with van der Waals surface area (Å²) >= 11 is 0. The average Bonchev–Trinajstić information content (AvgIpc) is 3.28. The molecule has 3 aromatic carbocycles. The standard InChI is InChI=1S/C27H28N4O3/c1-2-3-4-5-16-28-26(33)20-10-15-23-24(17-20)31-25(30-23)18-6-11-21(12-7-18)29-27(34)19-8-13-22(32)14-9-19/h6-15,17,32H,2-5,16H2,1H3,(H,28,33)(H,29,34)(H,30,31). The summed E-state index contributed by atoms with van der Waals surface area (Å²) in [5, 5.41) is 15.2. The number of aromatic hydroxyl groups is 1. The van der Waals surface area contributed by atoms with Gasteiger partial charge in [-0.25, -0.2) is 4.98 Å². The lowest BCUT2D eigenvalue weighted by molar-refractivity contribution is 0.0952. The number of nitrogens with zero attached hydrogens (tertiary/aromatic N) is 1. The van der Waals surface area contributed by atoms with Gasteiger partial charge in [-0.1, -0.05) is 26.2 Å². The van der Waals surface area contributed by atoms with Crippen molar-refractivity contribution in [3.63, 3.8) is 0 Å². The molecule has 7 nitrogen and oxygen atoms in total. The summed E-state index contributed by atoms with van der Waals surface area (Å²) in [6, 6.07) is 18.9. The number of carbonyl (C=O) groups is 2. The van der Waals surface area contributed by atoms with Crippen molar-refractivity contribution in [3.8, 4) is 17.1 Å². The van der Waals surface area contributed by atoms with Gasteiger partial charge in [-0.3, -0.25) is 9.59 Å². The zero-order valence-electron chi connectivity index (χ0n) is 19.1. The molecule has 34 heavy (non-hydrogen) atoms. The Balaban J connectivity index is 1.41. The van der Waals surface area contributed by atoms with Crippen LogP contribution in [0, 0.1) is 0 Å². The fourth-order valence-corrected chi connectivity index (χ4v) is 3.67. The molecule has 0 spiro atoms. The highest BCUT2D eigenvalue weighted by Gasteiger charge is 2.11. The Morgan fingerprint density at radius 1 is 0.882 bits per heavy atom. The monoisotopic (exact) mass is 456 g/mol. The number of carbonyl (C=O) groups excluding carboxylic acids is 2. The van der Waals surface area contributed by atoms with Gasteiger partial charge in [0.15, 0.2) is 0 Å². The van der Waals surface area contributed by atoms with Crippen molar-refractivity contribution in [2.45, 2.75) is 32.6 Å². The van der Waals surface area contributed by atoms with E-state index in [9.17, 15) is 14.7 Å². The van der Waals surface area contributed by atoms with Crippen LogP contribution in [0.25, 0.3) is 22.4 Å². The molecule has 7 heteroatoms. The van der Waals surface area contributed by atoms with Crippen molar-refractivity contribution in [1.82, 2.24) is 15.3 Å². The van der Waals surface area contributed by atoms with Gasteiger partial charge in [0.25, 0.3) is 11.8 Å². The molecule has 4 aromatic rings. The van der Waals surface area contributed by atoms with E-state index in [0.29, 0.717) is 29.2 Å². The second-order valence-corrected chi connectivity index (χ2v) is 8.21. The van der Waals surface area contributed by atoms with Gasteiger partial charge < -0.3 is 20.7 Å². The third-order valence-electron chi connectivity index (χ3n) is 5.61. The van der Waals surface area contributed by atoms with Crippen LogP contribution in [-0.2, 0) is 0 Å². The van der Waals surface area contributed by atoms with Crippen LogP contribution in [0.5, 0.6) is 5.75 Å². The highest BCUT2D eigenvalue weighted by molar-refractivity contribution is 6.04. The molecule has 0 aliphatic carbocycles. The van der Waals surface area contributed by atoms with E-state index in [0.717, 1.165) is 29.4 Å². The summed E-state index contributed by atoms with van der Waals surface area (Å²) in [4.78, 5) is 32.7. The number of aromatic nitrogens is 2. The van der Waals surface area contributed by atoms with Crippen molar-refractivity contribution in [1.29, 1.82) is 0 Å². The Labute approximate surface area is 198 Å². The van der Waals surface area contributed by atoms with E-state index >= 15 is 0 Å². The molecule has 0 aliphatic rings. The maximum absolute atomic E-state index is 12.5. The third-order valence-corrected chi connectivity index (χ3v) is 5.61. The van der Waals surface area contributed by atoms with Crippen LogP contribution in [-0.4, -0.2) is 33.4 Å². The lowest BCUT2D eigenvalue weighted by Crippen LogP contribution is -2.24. The van der Waals surface area contributed by atoms with Gasteiger partial charge in [0.1, 0.15) is 11.6 Å². The van der Waals surface area contributed by atoms with Crippen LogP contribution in [0.2, 0.25) is 0 Å². The van der Waals surface area contributed by atoms with E-state index in [2.05, 4.69) is 27.5 Å². The molecule has 0 saturated heterocycles. The summed E-state index contributed by atoms with van der Waals surface area (Å²) in [5.74, 6) is 0.460. The zero-order valence-corrected chi connectivity index (χ0v) is 19.1. The van der Waals surface area contributed by atoms with Gasteiger partial charge in [0.05, 0.1) is 11.0 Å². The van der Waals surface area contributed by atoms with E-state index in [1.807, 2.05) is 24.3 Å². The second kappa shape index (κ2) is 10.7. The maximum Gasteiger partial charge on any atom is 0.255 e. The first-order valence-corrected chi connectivity index (χ1v) is 11.5. The Morgan fingerprint density at radius 2 is 1.62 bits per heavy atom. The summed E-state index contributed by atoms with van der Waals surface area (Å²) in [7, 11) is 0. The quantitative estimate of drug-likeness (QED) is 0.250. The molecule has 0 atom stereocenters. The smallest absolute Gasteiger partial charge is 0.255 e. The molecule has 0 unspecified atom stereocenters. The number of phenolic OH excluding ortho intramolecular Hbond substituents is 1. The number of fused-ring (bicyclic) bond motifs is 1. The number of aromatic amines is 1. The number of hydrogen-bond acceptors (Lipinski definition) is 4. The second-order valence-electron chi connectivity index (χ2n) is 8.21. The lowest BCUT2D eigenvalue weighted by Gasteiger charge is -2.06. The van der Waals surface area contributed by atoms with Gasteiger partial charge in [-0.05, 0) is 73.2 Å². The number of anilines is 1. The first kappa shape index (κ1) is 23.0. The zero-order chi connectivity index (χ0) is 23.9. The highest BCUT2D eigenvalue weighted by atomic mass is 16.3. The van der Waals surface area contributed by atoms with Crippen LogP contribution < -0.4 is 10.6 Å². The van der Waals surface area contributed by atoms with Crippen molar-refractivity contribution < 1.29 is 14.7 Å². The number of imidazole rings is 1. The van der Waals surface area contributed by atoms with Gasteiger partial charge in [0.2, 0.25) is 0 Å². The van der Waals surface area contributed by atoms with E-state index in [4.69, 9.17) is 0 Å². The highest BCUT2D eigenvalue weighted by Crippen LogP contribution is 2.23. The van der Waals surface area contributed by atoms with Gasteiger partial charge in [-0.15, -0.1) is 0 Å². The van der Waals surface area contributed by atoms with Crippen molar-refractivity contribution in [3.05, 3.63) is 77.9 Å². The summed E-state index contributed by atoms with van der Waals surface area (Å²) < 4.78 is 0. The lowest BCUT2D eigenvalue weighted by atomic mass is 10.1. The van der Waals surface area contributed by atoms with E-state index in [1.54, 1.807) is 30.3 Å². The number of rotatable bonds is 9. The van der Waals surface area contributed by atoms with Gasteiger partial charge in [-0.2, -0.15) is 0 Å². The number of unbranched alkanes of at least 4 members (excludes halogenated alkanes) is 3. The molecule has 0 saturated carbocycles. The molecule has 1 heterocycles. The molecule has 4 N–H and O–H groups in total. The van der Waals surface area contributed by atoms with Crippen molar-refractivity contribution >= 4 is 28.5 Å². The first-order chi connectivity index (χ1) is 16.5. The Bertz CT molecular complexity index is 1280. The van der Waals surface area contributed by atoms with Crippen LogP contribution in [0.1, 0.15) is 53.3 Å². The molecule has 2 amide bonds. The van der Waals surface area contributed by atoms with Crippen LogP contribution in [0.15, 0.2) is 66.7 Å². The minimum Gasteiger partial charge on any atom is -0.508 e. The van der Waals surface area contributed by atoms with Gasteiger partial charge >= 0.3 is 0 Å². The normalized spacial score (nSPS) is 10.9. The fraction of sp³-hybridized carbons (Fsp3) is 0.222. The predicted molar refractivity (Wildman–Crippen MR) is 134 cm³/mol. The van der Waals surface area contributed by atoms with Crippen LogP contribution in [0.4, 0.5) is 5.69 Å². The summed E-state index contributed by atoms with van der Waals surface area (Å²) in [6.45, 7) is 2.85. The van der Waals surface area contributed by atoms with E-state index in [-0.39, 0.29) is 17.6 Å². The predicted octanol–water partition coefficient (Wildman–Crippen LogP) is 5.50. The molecule has 0 aliphatic heterocycles. The molecular formula is C27H28N4O3. The maximum atomic E-state index is 12.5. The average molecular weight is 457 g/mol. The number of phenols is 1. The topological polar surface area (TPSA) is 107 Å². The Kier molecular flexibility index (Phi) is 7.22. The van der Waals surface area contributed by atoms with E-state index in [1.165, 1.54) is 25.0 Å². The van der Waals surface area contributed by atoms with Crippen LogP contribution in [0.3, 0.4) is 0 Å². The van der Waals surface area contributed by atoms with Crippen molar-refractivity contribution in [2.75, 3.05) is 11.9 Å². The SMILES string of the molecule is CCCCCCNC(=O)c1ccc2nc(-c3ccc(NC(=O)c4ccc(O)cc4)cc3)[nH]c2c1. The number of benzene rings is 3. The van der Waals surface area contributed by atoms with E-state index < -0.39 is 0 Å². The van der Waals surface area contributed by atoms with Crippen molar-refractivity contribution in [2.24, 2.45) is 0 Å². The summed E-state index contributed by atoms with van der Waals surface area (Å²) in [5.41, 5.74) is 4.14.